The molecule has 0 bridgehead atoms. The lowest BCUT2D eigenvalue weighted by atomic mass is 10.1. The molecule has 0 aliphatic heterocycles. The number of allylic oxidation sites excluding steroid dienone is 1. The number of rotatable bonds is 3. The van der Waals surface area contributed by atoms with Gasteiger partial charge in [-0.25, -0.2) is 0 Å². The maximum absolute atomic E-state index is 9.85. The molecule has 1 heterocycles. The Balaban J connectivity index is 2.34. The zero-order valence-corrected chi connectivity index (χ0v) is 11.8. The Labute approximate surface area is 111 Å². The molecule has 1 atom stereocenters. The highest BCUT2D eigenvalue weighted by Crippen LogP contribution is 2.31. The monoisotopic (exact) mass is 298 g/mol. The van der Waals surface area contributed by atoms with Crippen molar-refractivity contribution in [2.24, 2.45) is 0 Å². The molecular formula is C13H19BrN2O. The summed E-state index contributed by atoms with van der Waals surface area (Å²) >= 11 is 3.56. The van der Waals surface area contributed by atoms with Crippen LogP contribution in [0.1, 0.15) is 44.7 Å². The topological polar surface area (TPSA) is 38.0 Å². The minimum absolute atomic E-state index is 0.302. The van der Waals surface area contributed by atoms with E-state index < -0.39 is 0 Å². The van der Waals surface area contributed by atoms with Gasteiger partial charge in [-0.3, -0.25) is 4.68 Å². The minimum atomic E-state index is -0.302. The van der Waals surface area contributed by atoms with E-state index in [1.54, 1.807) is 0 Å². The molecule has 1 N–H and O–H groups in total. The van der Waals surface area contributed by atoms with Crippen molar-refractivity contribution in [1.29, 1.82) is 0 Å². The van der Waals surface area contributed by atoms with Gasteiger partial charge in [0.15, 0.2) is 0 Å². The molecule has 1 aromatic heterocycles. The molecule has 0 saturated heterocycles. The normalized spacial score (nSPS) is 21.1. The summed E-state index contributed by atoms with van der Waals surface area (Å²) in [6, 6.07) is 0. The van der Waals surface area contributed by atoms with Gasteiger partial charge >= 0.3 is 0 Å². The largest absolute Gasteiger partial charge is 0.389 e. The molecule has 0 amide bonds. The number of aromatic nitrogens is 2. The first-order valence-electron chi connectivity index (χ1n) is 6.32. The Morgan fingerprint density at radius 3 is 3.12 bits per heavy atom. The highest BCUT2D eigenvalue weighted by molar-refractivity contribution is 9.10. The molecule has 94 valence electrons. The van der Waals surface area contributed by atoms with Gasteiger partial charge in [0, 0.05) is 6.54 Å². The number of hydrogen-bond acceptors (Lipinski definition) is 2. The van der Waals surface area contributed by atoms with Crippen LogP contribution in [0.25, 0.3) is 5.57 Å². The molecule has 1 aliphatic rings. The predicted octanol–water partition coefficient (Wildman–Crippen LogP) is 3.37. The SMILES string of the molecule is CCCn1ncc(Br)c1C1=CC(O)CCCC1. The fourth-order valence-electron chi connectivity index (χ4n) is 2.33. The molecule has 1 unspecified atom stereocenters. The maximum Gasteiger partial charge on any atom is 0.0781 e. The summed E-state index contributed by atoms with van der Waals surface area (Å²) in [6.45, 7) is 3.07. The van der Waals surface area contributed by atoms with Crippen LogP contribution < -0.4 is 0 Å². The number of halogens is 1. The molecule has 3 nitrogen and oxygen atoms in total. The van der Waals surface area contributed by atoms with Crippen LogP contribution in [-0.2, 0) is 6.54 Å². The Morgan fingerprint density at radius 1 is 1.53 bits per heavy atom. The minimum Gasteiger partial charge on any atom is -0.389 e. The lowest BCUT2D eigenvalue weighted by molar-refractivity contribution is 0.211. The van der Waals surface area contributed by atoms with E-state index in [0.717, 1.165) is 48.8 Å². The van der Waals surface area contributed by atoms with Crippen LogP contribution in [0.15, 0.2) is 16.7 Å². The average Bonchev–Trinajstić information content (AvgIpc) is 2.52. The molecule has 0 spiro atoms. The van der Waals surface area contributed by atoms with Crippen LogP contribution in [-0.4, -0.2) is 21.0 Å². The Bertz CT molecular complexity index is 412. The molecule has 17 heavy (non-hydrogen) atoms. The zero-order chi connectivity index (χ0) is 12.3. The van der Waals surface area contributed by atoms with Crippen LogP contribution in [0.5, 0.6) is 0 Å². The third-order valence-corrected chi connectivity index (χ3v) is 3.70. The van der Waals surface area contributed by atoms with Crippen molar-refractivity contribution in [2.45, 2.75) is 51.7 Å². The fourth-order valence-corrected chi connectivity index (χ4v) is 2.88. The lowest BCUT2D eigenvalue weighted by Crippen LogP contribution is -2.06. The van der Waals surface area contributed by atoms with Gasteiger partial charge in [0.05, 0.1) is 22.5 Å². The van der Waals surface area contributed by atoms with Crippen molar-refractivity contribution < 1.29 is 5.11 Å². The van der Waals surface area contributed by atoms with E-state index in [9.17, 15) is 5.11 Å². The second-order valence-corrected chi connectivity index (χ2v) is 5.42. The molecule has 0 saturated carbocycles. The molecule has 4 heteroatoms. The molecule has 0 fully saturated rings. The average molecular weight is 299 g/mol. The van der Waals surface area contributed by atoms with Crippen molar-refractivity contribution in [2.75, 3.05) is 0 Å². The highest BCUT2D eigenvalue weighted by atomic mass is 79.9. The number of aliphatic hydroxyl groups is 1. The second kappa shape index (κ2) is 5.83. The summed E-state index contributed by atoms with van der Waals surface area (Å²) < 4.78 is 3.07. The summed E-state index contributed by atoms with van der Waals surface area (Å²) in [5.74, 6) is 0. The third kappa shape index (κ3) is 2.99. The summed E-state index contributed by atoms with van der Waals surface area (Å²) in [7, 11) is 0. The van der Waals surface area contributed by atoms with Gasteiger partial charge in [-0.2, -0.15) is 5.10 Å². The third-order valence-electron chi connectivity index (χ3n) is 3.12. The van der Waals surface area contributed by atoms with Gasteiger partial charge in [-0.15, -0.1) is 0 Å². The van der Waals surface area contributed by atoms with Gasteiger partial charge in [0.1, 0.15) is 0 Å². The van der Waals surface area contributed by atoms with Gasteiger partial charge < -0.3 is 5.11 Å². The van der Waals surface area contributed by atoms with E-state index in [1.807, 2.05) is 17.0 Å². The van der Waals surface area contributed by atoms with Crippen molar-refractivity contribution in [3.63, 3.8) is 0 Å². The van der Waals surface area contributed by atoms with Crippen molar-refractivity contribution >= 4 is 21.5 Å². The van der Waals surface area contributed by atoms with E-state index in [-0.39, 0.29) is 6.10 Å². The predicted molar refractivity (Wildman–Crippen MR) is 72.7 cm³/mol. The molecular weight excluding hydrogens is 280 g/mol. The second-order valence-electron chi connectivity index (χ2n) is 4.57. The first kappa shape index (κ1) is 12.8. The summed E-state index contributed by atoms with van der Waals surface area (Å²) in [5, 5.41) is 14.2. The summed E-state index contributed by atoms with van der Waals surface area (Å²) in [6.07, 6.45) is 8.77. The first-order chi connectivity index (χ1) is 8.22. The van der Waals surface area contributed by atoms with Crippen LogP contribution in [0.3, 0.4) is 0 Å². The highest BCUT2D eigenvalue weighted by Gasteiger charge is 2.17. The molecule has 2 rings (SSSR count). The van der Waals surface area contributed by atoms with Crippen molar-refractivity contribution in [3.8, 4) is 0 Å². The first-order valence-corrected chi connectivity index (χ1v) is 7.12. The number of nitrogens with zero attached hydrogens (tertiary/aromatic N) is 2. The van der Waals surface area contributed by atoms with Gasteiger partial charge in [-0.1, -0.05) is 19.4 Å². The van der Waals surface area contributed by atoms with Gasteiger partial charge in [0.25, 0.3) is 0 Å². The fraction of sp³-hybridized carbons (Fsp3) is 0.615. The van der Waals surface area contributed by atoms with E-state index >= 15 is 0 Å². The summed E-state index contributed by atoms with van der Waals surface area (Å²) in [5.41, 5.74) is 2.38. The van der Waals surface area contributed by atoms with Gasteiger partial charge in [-0.05, 0) is 47.2 Å². The maximum atomic E-state index is 9.85. The molecule has 1 aliphatic carbocycles. The number of aryl methyl sites for hydroxylation is 1. The van der Waals surface area contributed by atoms with Crippen molar-refractivity contribution in [3.05, 3.63) is 22.4 Å². The quantitative estimate of drug-likeness (QED) is 0.929. The van der Waals surface area contributed by atoms with Gasteiger partial charge in [0.2, 0.25) is 0 Å². The Morgan fingerprint density at radius 2 is 2.35 bits per heavy atom. The summed E-state index contributed by atoms with van der Waals surface area (Å²) in [4.78, 5) is 0. The van der Waals surface area contributed by atoms with Crippen LogP contribution >= 0.6 is 15.9 Å². The smallest absolute Gasteiger partial charge is 0.0781 e. The number of aliphatic hydroxyl groups excluding tert-OH is 1. The standard InChI is InChI=1S/C13H19BrN2O/c1-2-7-16-13(12(14)9-15-16)10-5-3-4-6-11(17)8-10/h8-9,11,17H,2-7H2,1H3. The van der Waals surface area contributed by atoms with E-state index in [2.05, 4.69) is 28.0 Å². The van der Waals surface area contributed by atoms with Crippen LogP contribution in [0.2, 0.25) is 0 Å². The molecule has 0 aromatic carbocycles. The van der Waals surface area contributed by atoms with Crippen LogP contribution in [0.4, 0.5) is 0 Å². The van der Waals surface area contributed by atoms with E-state index in [4.69, 9.17) is 0 Å². The molecule has 1 aromatic rings. The van der Waals surface area contributed by atoms with Crippen molar-refractivity contribution in [1.82, 2.24) is 9.78 Å². The molecule has 0 radical (unpaired) electrons. The van der Waals surface area contributed by atoms with E-state index in [1.165, 1.54) is 5.57 Å². The van der Waals surface area contributed by atoms with Crippen LogP contribution in [0, 0.1) is 0 Å². The zero-order valence-electron chi connectivity index (χ0n) is 10.2. The lowest BCUT2D eigenvalue weighted by Gasteiger charge is -2.10. The Hall–Kier alpha value is -0.610. The number of hydrogen-bond donors (Lipinski definition) is 1. The van der Waals surface area contributed by atoms with E-state index in [0.29, 0.717) is 0 Å². The Kier molecular flexibility index (Phi) is 4.40.